The number of carbonyl (C=O) groups is 1. The average molecular weight is 701 g/mol. The molecule has 3 atom stereocenters. The topological polar surface area (TPSA) is 109 Å². The molecule has 1 N–H and O–H groups in total. The molecule has 5 rings (SSSR count). The summed E-state index contributed by atoms with van der Waals surface area (Å²) in [5, 5.41) is 0.948. The van der Waals surface area contributed by atoms with Crippen LogP contribution in [0.15, 0.2) is 83.7 Å². The third-order valence-corrected chi connectivity index (χ3v) is 8.95. The van der Waals surface area contributed by atoms with Crippen molar-refractivity contribution in [1.29, 1.82) is 0 Å². The van der Waals surface area contributed by atoms with Crippen LogP contribution in [0, 0.1) is 0 Å². The van der Waals surface area contributed by atoms with Crippen LogP contribution in [0.2, 0.25) is 0 Å². The molecule has 51 heavy (non-hydrogen) atoms. The Morgan fingerprint density at radius 3 is 2.49 bits per heavy atom. The number of benzene rings is 3. The molecule has 0 saturated carbocycles. The lowest BCUT2D eigenvalue weighted by Crippen LogP contribution is -2.48. The number of ether oxygens (including phenoxy) is 6. The van der Waals surface area contributed by atoms with Crippen LogP contribution in [0.25, 0.3) is 10.9 Å². The van der Waals surface area contributed by atoms with Gasteiger partial charge in [-0.25, -0.2) is 4.79 Å². The van der Waals surface area contributed by atoms with Crippen molar-refractivity contribution in [2.75, 3.05) is 47.1 Å². The fourth-order valence-corrected chi connectivity index (χ4v) is 6.40. The number of amides is 1. The number of fused-ring (bicyclic) bond motifs is 1. The van der Waals surface area contributed by atoms with E-state index in [4.69, 9.17) is 28.4 Å². The summed E-state index contributed by atoms with van der Waals surface area (Å²) in [6.45, 7) is 8.76. The van der Waals surface area contributed by atoms with Gasteiger partial charge in [0.15, 0.2) is 0 Å². The van der Waals surface area contributed by atoms with Gasteiger partial charge in [-0.2, -0.15) is 0 Å². The maximum atomic E-state index is 13.2. The maximum absolute atomic E-state index is 13.2. The highest BCUT2D eigenvalue weighted by Crippen LogP contribution is 2.37. The second-order valence-corrected chi connectivity index (χ2v) is 13.9. The first-order valence-electron chi connectivity index (χ1n) is 17.8. The van der Waals surface area contributed by atoms with Gasteiger partial charge in [0, 0.05) is 49.7 Å². The number of methoxy groups -OCH3 is 2. The van der Waals surface area contributed by atoms with Crippen LogP contribution in [0.3, 0.4) is 0 Å². The second kappa shape index (κ2) is 18.2. The standard InChI is InChI=1S/C41H52N2O8/c1-41(2,3)51-40(45)43-22-21-34(29-15-18-33(19-16-29)49-25-9-24-48-28-32-10-6-7-11-36(32)47-5)38(27-43)50-37(12-8-23-46-4)31-14-13-30-17-20-39(44)42-35(30)26-31/h6-7,10-11,13-20,26,34,37-38H,8-9,12,21-25,27-28H2,1-5H3,(H,42,44). The lowest BCUT2D eigenvalue weighted by Gasteiger charge is -2.40. The highest BCUT2D eigenvalue weighted by Gasteiger charge is 2.36. The molecule has 10 heteroatoms. The predicted molar refractivity (Wildman–Crippen MR) is 198 cm³/mol. The highest BCUT2D eigenvalue weighted by molar-refractivity contribution is 5.79. The van der Waals surface area contributed by atoms with E-state index in [9.17, 15) is 9.59 Å². The van der Waals surface area contributed by atoms with Crippen LogP contribution in [0.5, 0.6) is 11.5 Å². The van der Waals surface area contributed by atoms with Gasteiger partial charge in [0.1, 0.15) is 17.1 Å². The van der Waals surface area contributed by atoms with E-state index in [0.29, 0.717) is 52.4 Å². The van der Waals surface area contributed by atoms with Gasteiger partial charge >= 0.3 is 6.09 Å². The zero-order valence-corrected chi connectivity index (χ0v) is 30.5. The number of rotatable bonds is 16. The molecular weight excluding hydrogens is 648 g/mol. The number of hydrogen-bond acceptors (Lipinski definition) is 8. The first kappa shape index (κ1) is 37.9. The number of piperidine rings is 1. The molecule has 274 valence electrons. The van der Waals surface area contributed by atoms with Crippen molar-refractivity contribution < 1.29 is 33.2 Å². The number of carbonyl (C=O) groups excluding carboxylic acids is 1. The van der Waals surface area contributed by atoms with Crippen molar-refractivity contribution in [2.45, 2.75) is 76.8 Å². The van der Waals surface area contributed by atoms with Crippen LogP contribution in [0.1, 0.15) is 75.2 Å². The van der Waals surface area contributed by atoms with Gasteiger partial charge in [0.05, 0.1) is 45.7 Å². The van der Waals surface area contributed by atoms with Gasteiger partial charge in [-0.15, -0.1) is 0 Å². The summed E-state index contributed by atoms with van der Waals surface area (Å²) in [5.74, 6) is 1.64. The van der Waals surface area contributed by atoms with E-state index in [1.165, 1.54) is 6.07 Å². The monoisotopic (exact) mass is 700 g/mol. The Kier molecular flexibility index (Phi) is 13.5. The van der Waals surface area contributed by atoms with Crippen molar-refractivity contribution in [3.63, 3.8) is 0 Å². The van der Waals surface area contributed by atoms with Gasteiger partial charge in [0.25, 0.3) is 0 Å². The number of aromatic amines is 1. The van der Waals surface area contributed by atoms with Crippen LogP contribution >= 0.6 is 0 Å². The van der Waals surface area contributed by atoms with Crippen LogP contribution in [0.4, 0.5) is 4.79 Å². The van der Waals surface area contributed by atoms with Gasteiger partial charge in [-0.3, -0.25) is 4.79 Å². The normalized spacial score (nSPS) is 16.9. The third kappa shape index (κ3) is 11.1. The maximum Gasteiger partial charge on any atom is 0.410 e. The Bertz CT molecular complexity index is 1750. The number of H-pyrrole nitrogens is 1. The molecule has 1 amide bonds. The van der Waals surface area contributed by atoms with Crippen molar-refractivity contribution >= 4 is 17.0 Å². The number of para-hydroxylation sites is 1. The van der Waals surface area contributed by atoms with Gasteiger partial charge in [0.2, 0.25) is 5.56 Å². The van der Waals surface area contributed by atoms with Crippen LogP contribution in [-0.4, -0.2) is 74.8 Å². The molecule has 1 saturated heterocycles. The second-order valence-electron chi connectivity index (χ2n) is 13.9. The zero-order valence-electron chi connectivity index (χ0n) is 30.5. The average Bonchev–Trinajstić information content (AvgIpc) is 3.12. The molecule has 4 aromatic rings. The Hall–Kier alpha value is -4.38. The number of aromatic nitrogens is 1. The first-order chi connectivity index (χ1) is 24.6. The third-order valence-electron chi connectivity index (χ3n) is 8.95. The SMILES string of the molecule is COCCCC(OC1CN(C(=O)OC(C)(C)C)CCC1c1ccc(OCCCOCc2ccccc2OC)cc1)c1ccc2ccc(=O)[nH]c2c1. The largest absolute Gasteiger partial charge is 0.496 e. The predicted octanol–water partition coefficient (Wildman–Crippen LogP) is 7.80. The summed E-state index contributed by atoms with van der Waals surface area (Å²) in [5.41, 5.74) is 3.10. The molecule has 1 aliphatic heterocycles. The van der Waals surface area contributed by atoms with E-state index < -0.39 is 5.60 Å². The molecule has 1 fully saturated rings. The van der Waals surface area contributed by atoms with E-state index in [0.717, 1.165) is 51.9 Å². The fraction of sp³-hybridized carbons (Fsp3) is 0.463. The minimum absolute atomic E-state index is 0.0336. The summed E-state index contributed by atoms with van der Waals surface area (Å²) >= 11 is 0. The van der Waals surface area contributed by atoms with E-state index in [-0.39, 0.29) is 29.8 Å². The Morgan fingerprint density at radius 1 is 0.941 bits per heavy atom. The molecule has 2 heterocycles. The molecule has 1 aliphatic rings. The minimum Gasteiger partial charge on any atom is -0.496 e. The first-order valence-corrected chi connectivity index (χ1v) is 17.8. The highest BCUT2D eigenvalue weighted by atomic mass is 16.6. The van der Waals surface area contributed by atoms with Crippen molar-refractivity contribution in [1.82, 2.24) is 9.88 Å². The molecule has 1 aromatic heterocycles. The minimum atomic E-state index is -0.605. The van der Waals surface area contributed by atoms with Crippen molar-refractivity contribution in [3.05, 3.63) is 106 Å². The number of likely N-dealkylation sites (tertiary alicyclic amines) is 1. The molecule has 0 radical (unpaired) electrons. The quantitative estimate of drug-likeness (QED) is 0.118. The summed E-state index contributed by atoms with van der Waals surface area (Å²) in [6.07, 6.45) is 2.02. The van der Waals surface area contributed by atoms with Crippen LogP contribution in [-0.2, 0) is 25.6 Å². The lowest BCUT2D eigenvalue weighted by molar-refractivity contribution is -0.0691. The summed E-state index contributed by atoms with van der Waals surface area (Å²) in [7, 11) is 3.35. The van der Waals surface area contributed by atoms with E-state index in [2.05, 4.69) is 23.2 Å². The number of pyridine rings is 1. The van der Waals surface area contributed by atoms with Crippen molar-refractivity contribution in [2.24, 2.45) is 0 Å². The summed E-state index contributed by atoms with van der Waals surface area (Å²) in [6, 6.07) is 25.4. The molecule has 10 nitrogen and oxygen atoms in total. The number of nitrogens with zero attached hydrogens (tertiary/aromatic N) is 1. The Balaban J connectivity index is 1.27. The molecule has 3 unspecified atom stereocenters. The number of nitrogens with one attached hydrogen (secondary N) is 1. The van der Waals surface area contributed by atoms with E-state index >= 15 is 0 Å². The van der Waals surface area contributed by atoms with Crippen molar-refractivity contribution in [3.8, 4) is 11.5 Å². The van der Waals surface area contributed by atoms with E-state index in [1.54, 1.807) is 19.1 Å². The van der Waals surface area contributed by atoms with E-state index in [1.807, 2.05) is 75.4 Å². The number of hydrogen-bond donors (Lipinski definition) is 1. The fourth-order valence-electron chi connectivity index (χ4n) is 6.40. The van der Waals surface area contributed by atoms with Gasteiger partial charge < -0.3 is 38.3 Å². The molecule has 0 aliphatic carbocycles. The summed E-state index contributed by atoms with van der Waals surface area (Å²) in [4.78, 5) is 30.0. The molecule has 0 spiro atoms. The zero-order chi connectivity index (χ0) is 36.2. The molecular formula is C41H52N2O8. The van der Waals surface area contributed by atoms with Gasteiger partial charge in [-0.1, -0.05) is 42.5 Å². The molecule has 3 aromatic carbocycles. The smallest absolute Gasteiger partial charge is 0.410 e. The van der Waals surface area contributed by atoms with Gasteiger partial charge in [-0.05, 0) is 86.9 Å². The molecule has 0 bridgehead atoms. The van der Waals surface area contributed by atoms with Crippen LogP contribution < -0.4 is 15.0 Å². The summed E-state index contributed by atoms with van der Waals surface area (Å²) < 4.78 is 35.4. The lowest BCUT2D eigenvalue weighted by atomic mass is 9.86. The Labute approximate surface area is 301 Å². The Morgan fingerprint density at radius 2 is 1.73 bits per heavy atom.